The Bertz CT molecular complexity index is 1010. The molecule has 0 radical (unpaired) electrons. The molecule has 128 valence electrons. The van der Waals surface area contributed by atoms with E-state index < -0.39 is 5.91 Å². The molecule has 2 aromatic heterocycles. The Morgan fingerprint density at radius 1 is 1.24 bits per heavy atom. The second-order valence-electron chi connectivity index (χ2n) is 6.12. The molecule has 0 unspecified atom stereocenters. The molecular formula is C18H16ClN3O2S. The van der Waals surface area contributed by atoms with E-state index in [0.717, 1.165) is 47.0 Å². The number of rotatable bonds is 3. The number of nitrogens with one attached hydrogen (secondary N) is 2. The Labute approximate surface area is 153 Å². The molecule has 0 fully saturated rings. The summed E-state index contributed by atoms with van der Waals surface area (Å²) in [6.45, 7) is 0. The van der Waals surface area contributed by atoms with Crippen LogP contribution in [-0.2, 0) is 12.8 Å². The number of anilines is 1. The number of aromatic amines is 1. The highest BCUT2D eigenvalue weighted by molar-refractivity contribution is 7.17. The fraction of sp³-hybridized carbons (Fsp3) is 0.222. The monoisotopic (exact) mass is 373 g/mol. The Kier molecular flexibility index (Phi) is 4.01. The fourth-order valence-corrected chi connectivity index (χ4v) is 4.85. The Morgan fingerprint density at radius 2 is 2.04 bits per heavy atom. The first kappa shape index (κ1) is 16.2. The number of aryl methyl sites for hydroxylation is 1. The maximum atomic E-state index is 12.7. The Morgan fingerprint density at radius 3 is 2.80 bits per heavy atom. The maximum Gasteiger partial charge on any atom is 0.272 e. The van der Waals surface area contributed by atoms with E-state index in [2.05, 4.69) is 10.3 Å². The lowest BCUT2D eigenvalue weighted by molar-refractivity contribution is 0.100. The standard InChI is InChI=1S/C18H16ClN3O2S/c19-11-6-3-4-9-8-12(21-15(9)11)17(24)22-18-14(16(20)23)10-5-1-2-7-13(10)25-18/h3-4,6,8,21H,1-2,5,7H2,(H2,20,23)(H,22,24). The number of fused-ring (bicyclic) bond motifs is 2. The molecule has 3 aromatic rings. The summed E-state index contributed by atoms with van der Waals surface area (Å²) in [7, 11) is 0. The van der Waals surface area contributed by atoms with Crippen molar-refractivity contribution < 1.29 is 9.59 Å². The van der Waals surface area contributed by atoms with Crippen molar-refractivity contribution in [2.75, 3.05) is 5.32 Å². The van der Waals surface area contributed by atoms with Crippen LogP contribution in [0.3, 0.4) is 0 Å². The lowest BCUT2D eigenvalue weighted by Crippen LogP contribution is -2.18. The van der Waals surface area contributed by atoms with Gasteiger partial charge in [-0.2, -0.15) is 0 Å². The lowest BCUT2D eigenvalue weighted by Gasteiger charge is -2.11. The third-order valence-electron chi connectivity index (χ3n) is 4.49. The van der Waals surface area contributed by atoms with Gasteiger partial charge in [0.2, 0.25) is 0 Å². The van der Waals surface area contributed by atoms with Crippen LogP contribution in [0.5, 0.6) is 0 Å². The number of thiophene rings is 1. The molecule has 2 amide bonds. The smallest absolute Gasteiger partial charge is 0.272 e. The van der Waals surface area contributed by atoms with Crippen molar-refractivity contribution in [3.63, 3.8) is 0 Å². The van der Waals surface area contributed by atoms with E-state index in [-0.39, 0.29) is 5.91 Å². The first-order valence-electron chi connectivity index (χ1n) is 8.07. The van der Waals surface area contributed by atoms with Crippen molar-refractivity contribution in [3.8, 4) is 0 Å². The first-order chi connectivity index (χ1) is 12.0. The molecule has 7 heteroatoms. The van der Waals surface area contributed by atoms with Crippen molar-refractivity contribution in [2.45, 2.75) is 25.7 Å². The number of carbonyl (C=O) groups is 2. The summed E-state index contributed by atoms with van der Waals surface area (Å²) in [5, 5.41) is 4.80. The maximum absolute atomic E-state index is 12.7. The normalized spacial score (nSPS) is 13.6. The van der Waals surface area contributed by atoms with E-state index in [9.17, 15) is 9.59 Å². The summed E-state index contributed by atoms with van der Waals surface area (Å²) in [6.07, 6.45) is 3.90. The predicted molar refractivity (Wildman–Crippen MR) is 101 cm³/mol. The number of nitrogens with two attached hydrogens (primary N) is 1. The van der Waals surface area contributed by atoms with Crippen LogP contribution in [0.2, 0.25) is 5.02 Å². The number of hydrogen-bond donors (Lipinski definition) is 3. The Hall–Kier alpha value is -2.31. The molecule has 2 heterocycles. The van der Waals surface area contributed by atoms with Crippen molar-refractivity contribution in [1.29, 1.82) is 0 Å². The molecule has 4 N–H and O–H groups in total. The highest BCUT2D eigenvalue weighted by Crippen LogP contribution is 2.38. The van der Waals surface area contributed by atoms with Crippen molar-refractivity contribution in [1.82, 2.24) is 4.98 Å². The summed E-state index contributed by atoms with van der Waals surface area (Å²) in [5.41, 5.74) is 8.14. The molecule has 25 heavy (non-hydrogen) atoms. The molecule has 0 saturated carbocycles. The zero-order chi connectivity index (χ0) is 17.6. The van der Waals surface area contributed by atoms with Crippen molar-refractivity contribution in [3.05, 3.63) is 51.0 Å². The molecule has 1 aromatic carbocycles. The third-order valence-corrected chi connectivity index (χ3v) is 6.02. The molecule has 0 spiro atoms. The minimum atomic E-state index is -0.491. The number of carbonyl (C=O) groups excluding carboxylic acids is 2. The number of halogens is 1. The summed E-state index contributed by atoms with van der Waals surface area (Å²) in [5.74, 6) is -0.803. The Balaban J connectivity index is 1.69. The minimum absolute atomic E-state index is 0.312. The highest BCUT2D eigenvalue weighted by Gasteiger charge is 2.25. The van der Waals surface area contributed by atoms with Gasteiger partial charge in [0.15, 0.2) is 0 Å². The van der Waals surface area contributed by atoms with E-state index in [1.807, 2.05) is 12.1 Å². The number of amides is 2. The highest BCUT2D eigenvalue weighted by atomic mass is 35.5. The molecule has 0 saturated heterocycles. The van der Waals surface area contributed by atoms with Gasteiger partial charge in [-0.15, -0.1) is 11.3 Å². The van der Waals surface area contributed by atoms with Crippen LogP contribution < -0.4 is 11.1 Å². The molecule has 0 bridgehead atoms. The van der Waals surface area contributed by atoms with Gasteiger partial charge in [0.25, 0.3) is 11.8 Å². The molecule has 0 atom stereocenters. The fourth-order valence-electron chi connectivity index (χ4n) is 3.33. The number of benzene rings is 1. The summed E-state index contributed by atoms with van der Waals surface area (Å²) < 4.78 is 0. The van der Waals surface area contributed by atoms with Gasteiger partial charge >= 0.3 is 0 Å². The van der Waals surface area contributed by atoms with Crippen molar-refractivity contribution in [2.24, 2.45) is 5.73 Å². The van der Waals surface area contributed by atoms with E-state index in [1.54, 1.807) is 12.1 Å². The third kappa shape index (κ3) is 2.81. The topological polar surface area (TPSA) is 88.0 Å². The summed E-state index contributed by atoms with van der Waals surface area (Å²) in [4.78, 5) is 28.7. The van der Waals surface area contributed by atoms with Crippen LogP contribution in [0.25, 0.3) is 10.9 Å². The quantitative estimate of drug-likeness (QED) is 0.645. The summed E-state index contributed by atoms with van der Waals surface area (Å²) >= 11 is 7.60. The second-order valence-corrected chi connectivity index (χ2v) is 7.63. The lowest BCUT2D eigenvalue weighted by atomic mass is 9.95. The average molecular weight is 374 g/mol. The van der Waals surface area contributed by atoms with Gasteiger partial charge in [0.1, 0.15) is 10.7 Å². The van der Waals surface area contributed by atoms with E-state index >= 15 is 0 Å². The van der Waals surface area contributed by atoms with Gasteiger partial charge in [-0.25, -0.2) is 0 Å². The van der Waals surface area contributed by atoms with Gasteiger partial charge in [0, 0.05) is 10.3 Å². The van der Waals surface area contributed by atoms with E-state index in [1.165, 1.54) is 11.3 Å². The zero-order valence-electron chi connectivity index (χ0n) is 13.3. The molecule has 5 nitrogen and oxygen atoms in total. The van der Waals surface area contributed by atoms with Crippen LogP contribution in [0, 0.1) is 0 Å². The SMILES string of the molecule is NC(=O)c1c(NC(=O)c2cc3cccc(Cl)c3[nH]2)sc2c1CCCC2. The number of para-hydroxylation sites is 1. The minimum Gasteiger partial charge on any atom is -0.365 e. The van der Waals surface area contributed by atoms with Gasteiger partial charge in [-0.3, -0.25) is 9.59 Å². The molecule has 0 aliphatic heterocycles. The number of H-pyrrole nitrogens is 1. The predicted octanol–water partition coefficient (Wildman–Crippen LogP) is 4.11. The largest absolute Gasteiger partial charge is 0.365 e. The average Bonchev–Trinajstić information content (AvgIpc) is 3.16. The van der Waals surface area contributed by atoms with Crippen molar-refractivity contribution >= 4 is 50.7 Å². The van der Waals surface area contributed by atoms with Crippen LogP contribution in [0.4, 0.5) is 5.00 Å². The molecule has 1 aliphatic carbocycles. The number of hydrogen-bond acceptors (Lipinski definition) is 3. The van der Waals surface area contributed by atoms with Crippen LogP contribution in [0.1, 0.15) is 44.1 Å². The van der Waals surface area contributed by atoms with Gasteiger partial charge in [-0.1, -0.05) is 23.7 Å². The zero-order valence-corrected chi connectivity index (χ0v) is 14.9. The van der Waals surface area contributed by atoms with Gasteiger partial charge in [-0.05, 0) is 43.4 Å². The van der Waals surface area contributed by atoms with Crippen LogP contribution in [0.15, 0.2) is 24.3 Å². The van der Waals surface area contributed by atoms with E-state index in [4.69, 9.17) is 17.3 Å². The number of aromatic nitrogens is 1. The van der Waals surface area contributed by atoms with Gasteiger partial charge in [0.05, 0.1) is 16.1 Å². The van der Waals surface area contributed by atoms with Crippen LogP contribution >= 0.6 is 22.9 Å². The van der Waals surface area contributed by atoms with E-state index in [0.29, 0.717) is 21.3 Å². The summed E-state index contributed by atoms with van der Waals surface area (Å²) in [6, 6.07) is 7.22. The second kappa shape index (κ2) is 6.20. The first-order valence-corrected chi connectivity index (χ1v) is 9.27. The molecular weight excluding hydrogens is 358 g/mol. The number of primary amides is 1. The molecule has 4 rings (SSSR count). The van der Waals surface area contributed by atoms with Crippen LogP contribution in [-0.4, -0.2) is 16.8 Å². The van der Waals surface area contributed by atoms with Gasteiger partial charge < -0.3 is 16.0 Å². The molecule has 1 aliphatic rings.